The fourth-order valence-corrected chi connectivity index (χ4v) is 8.78. The van der Waals surface area contributed by atoms with Gasteiger partial charge in [-0.3, -0.25) is 15.0 Å². The highest BCUT2D eigenvalue weighted by Crippen LogP contribution is 2.63. The normalized spacial score (nSPS) is 21.2. The number of hydrazine groups is 1. The monoisotopic (exact) mass is 769 g/mol. The lowest BCUT2D eigenvalue weighted by Crippen LogP contribution is -2.53. The molecule has 3 heterocycles. The minimum atomic E-state index is -1.69. The zero-order chi connectivity index (χ0) is 38.7. The van der Waals surface area contributed by atoms with Crippen LogP contribution in [-0.2, 0) is 28.2 Å². The summed E-state index contributed by atoms with van der Waals surface area (Å²) in [4.78, 5) is 58.5. The molecule has 2 fully saturated rings. The number of ether oxygens (including phenoxy) is 1. The number of fused-ring (bicyclic) bond motifs is 4. The fourth-order valence-electron chi connectivity index (χ4n) is 8.66. The van der Waals surface area contributed by atoms with Crippen LogP contribution in [0.2, 0.25) is 5.02 Å². The van der Waals surface area contributed by atoms with E-state index in [2.05, 4.69) is 5.43 Å². The number of benzene rings is 5. The van der Waals surface area contributed by atoms with Crippen molar-refractivity contribution in [1.29, 1.82) is 0 Å². The number of carbonyl (C=O) groups is 2. The number of phenols is 1. The van der Waals surface area contributed by atoms with Crippen molar-refractivity contribution in [3.63, 3.8) is 0 Å². The quantitative estimate of drug-likeness (QED) is 0.134. The van der Waals surface area contributed by atoms with E-state index >= 15 is 4.79 Å². The average molecular weight is 770 g/mol. The number of phenolic OH excluding ortho intramolecular Hbond substituents is 1. The van der Waals surface area contributed by atoms with E-state index in [9.17, 15) is 23.9 Å². The largest absolute Gasteiger partial charge is 0.508 e. The summed E-state index contributed by atoms with van der Waals surface area (Å²) in [5.74, 6) is -3.71. The number of rotatable bonds is 8. The van der Waals surface area contributed by atoms with Gasteiger partial charge in [0.15, 0.2) is 0 Å². The third kappa shape index (κ3) is 5.47. The number of para-hydroxylation sites is 1. The second-order valence-corrected chi connectivity index (χ2v) is 14.5. The van der Waals surface area contributed by atoms with Crippen molar-refractivity contribution < 1.29 is 23.8 Å². The van der Waals surface area contributed by atoms with E-state index in [1.807, 2.05) is 36.4 Å². The van der Waals surface area contributed by atoms with Gasteiger partial charge in [-0.05, 0) is 77.7 Å². The average Bonchev–Trinajstić information content (AvgIpc) is 3.59. The Bertz CT molecular complexity index is 2660. The summed E-state index contributed by atoms with van der Waals surface area (Å²) in [5, 5.41) is 13.3. The number of allylic oxidation sites excluding steroid dienone is 2. The zero-order valence-corrected chi connectivity index (χ0v) is 30.3. The maximum Gasteiger partial charge on any atom is 0.352 e. The minimum Gasteiger partial charge on any atom is -0.508 e. The molecule has 11 nitrogen and oxygen atoms in total. The predicted octanol–water partition coefficient (Wildman–Crippen LogP) is 6.50. The number of anilines is 1. The molecule has 5 aromatic carbocycles. The highest BCUT2D eigenvalue weighted by Gasteiger charge is 2.69. The van der Waals surface area contributed by atoms with Crippen LogP contribution in [0.4, 0.5) is 10.1 Å². The second kappa shape index (κ2) is 13.6. The number of amides is 2. The molecule has 9 rings (SSSR count). The van der Waals surface area contributed by atoms with E-state index in [4.69, 9.17) is 16.3 Å². The Morgan fingerprint density at radius 2 is 1.54 bits per heavy atom. The number of aromatic nitrogens is 3. The fraction of sp³-hybridized carbons (Fsp3) is 0.163. The van der Waals surface area contributed by atoms with Crippen LogP contribution >= 0.6 is 11.6 Å². The molecule has 4 unspecified atom stereocenters. The van der Waals surface area contributed by atoms with Crippen molar-refractivity contribution in [2.24, 2.45) is 5.92 Å². The number of hydrogen-bond donors (Lipinski definition) is 2. The maximum atomic E-state index is 15.4. The van der Waals surface area contributed by atoms with E-state index < -0.39 is 52.3 Å². The number of carbonyl (C=O) groups excluding carboxylic acids is 2. The van der Waals surface area contributed by atoms with Crippen LogP contribution in [0.3, 0.4) is 0 Å². The number of aromatic hydroxyl groups is 1. The molecule has 0 spiro atoms. The highest BCUT2D eigenvalue weighted by molar-refractivity contribution is 6.30. The Balaban J connectivity index is 1.24. The maximum absolute atomic E-state index is 15.4. The summed E-state index contributed by atoms with van der Waals surface area (Å²) in [5.41, 5.74) is 3.00. The van der Waals surface area contributed by atoms with Gasteiger partial charge in [0, 0.05) is 22.6 Å². The van der Waals surface area contributed by atoms with Gasteiger partial charge in [-0.2, -0.15) is 5.01 Å². The van der Waals surface area contributed by atoms with Gasteiger partial charge in [-0.25, -0.2) is 27.9 Å². The molecular weight excluding hydrogens is 737 g/mol. The van der Waals surface area contributed by atoms with Crippen molar-refractivity contribution >= 4 is 29.1 Å². The van der Waals surface area contributed by atoms with Crippen molar-refractivity contribution in [1.82, 2.24) is 18.9 Å². The molecule has 1 saturated heterocycles. The Morgan fingerprint density at radius 3 is 2.23 bits per heavy atom. The molecule has 3 aliphatic rings. The Labute approximate surface area is 324 Å². The van der Waals surface area contributed by atoms with E-state index in [1.54, 1.807) is 66.7 Å². The molecule has 2 amide bonds. The van der Waals surface area contributed by atoms with Gasteiger partial charge in [0.1, 0.15) is 23.9 Å². The molecule has 0 radical (unpaired) electrons. The first-order valence-corrected chi connectivity index (χ1v) is 18.4. The van der Waals surface area contributed by atoms with Crippen molar-refractivity contribution in [2.45, 2.75) is 36.9 Å². The number of halogens is 2. The Morgan fingerprint density at radius 1 is 0.839 bits per heavy atom. The minimum absolute atomic E-state index is 0.0175. The van der Waals surface area contributed by atoms with Gasteiger partial charge in [0.2, 0.25) is 0 Å². The SMILES string of the molecule is O=C1C2CC3C(=CCn4c(=O)n(-c5ccccc5)c(=O)n43)C(c3ccc(OCc4ccccc4)cc3O)C2(c2ccc(Cl)cc2)C(=O)N1Nc1ccc(F)cc1. The molecule has 56 heavy (non-hydrogen) atoms. The van der Waals surface area contributed by atoms with Crippen LogP contribution in [0, 0.1) is 11.7 Å². The van der Waals surface area contributed by atoms with Gasteiger partial charge >= 0.3 is 11.4 Å². The highest BCUT2D eigenvalue weighted by atomic mass is 35.5. The summed E-state index contributed by atoms with van der Waals surface area (Å²) >= 11 is 6.38. The molecule has 13 heteroatoms. The molecule has 0 bridgehead atoms. The predicted molar refractivity (Wildman–Crippen MR) is 206 cm³/mol. The first-order chi connectivity index (χ1) is 27.2. The van der Waals surface area contributed by atoms with E-state index in [0.717, 1.165) is 15.1 Å². The second-order valence-electron chi connectivity index (χ2n) is 14.1. The Kier molecular flexibility index (Phi) is 8.50. The zero-order valence-electron chi connectivity index (χ0n) is 29.6. The first-order valence-electron chi connectivity index (χ1n) is 18.0. The molecule has 1 aliphatic carbocycles. The van der Waals surface area contributed by atoms with Crippen LogP contribution < -0.4 is 21.5 Å². The molecular formula is C43H33ClFN5O6. The summed E-state index contributed by atoms with van der Waals surface area (Å²) in [7, 11) is 0. The molecule has 1 saturated carbocycles. The van der Waals surface area contributed by atoms with Crippen LogP contribution in [0.25, 0.3) is 5.69 Å². The summed E-state index contributed by atoms with van der Waals surface area (Å²) in [6, 6.07) is 34.0. The summed E-state index contributed by atoms with van der Waals surface area (Å²) in [6.45, 7) is 0.221. The third-order valence-corrected chi connectivity index (χ3v) is 11.3. The lowest BCUT2D eigenvalue weighted by atomic mass is 9.53. The first kappa shape index (κ1) is 35.1. The molecule has 6 aromatic rings. The molecule has 1 aromatic heterocycles. The van der Waals surface area contributed by atoms with Gasteiger partial charge in [0.25, 0.3) is 11.8 Å². The molecule has 2 N–H and O–H groups in total. The number of imide groups is 1. The van der Waals surface area contributed by atoms with Gasteiger partial charge < -0.3 is 9.84 Å². The summed E-state index contributed by atoms with van der Waals surface area (Å²) < 4.78 is 23.8. The third-order valence-electron chi connectivity index (χ3n) is 11.1. The Hall–Kier alpha value is -6.66. The topological polar surface area (TPSA) is 128 Å². The smallest absolute Gasteiger partial charge is 0.352 e. The lowest BCUT2D eigenvalue weighted by molar-refractivity contribution is -0.138. The van der Waals surface area contributed by atoms with Crippen LogP contribution in [0.1, 0.15) is 35.1 Å². The standard InChI is InChI=1S/C43H33ClFN5O6/c44-28-13-11-27(12-14-28)43-35(39(52)49(40(43)53)46-30-17-15-29(45)16-18-30)24-36-33(21-22-47-41(54)48(42(55)50(36)47)31-9-5-2-6-10-31)38(43)34-20-19-32(23-37(34)51)56-25-26-7-3-1-4-8-26/h1-21,23,35-36,38,46,51H,22,24-25H2. The summed E-state index contributed by atoms with van der Waals surface area (Å²) in [6.07, 6.45) is 1.76. The number of nitrogens with zero attached hydrogens (tertiary/aromatic N) is 4. The van der Waals surface area contributed by atoms with Crippen LogP contribution in [0.15, 0.2) is 149 Å². The van der Waals surface area contributed by atoms with Crippen LogP contribution in [0.5, 0.6) is 11.5 Å². The van der Waals surface area contributed by atoms with Gasteiger partial charge in [0.05, 0.1) is 35.3 Å². The van der Waals surface area contributed by atoms with Crippen molar-refractivity contribution in [3.05, 3.63) is 188 Å². The number of nitrogens with one attached hydrogen (secondary N) is 1. The van der Waals surface area contributed by atoms with E-state index in [-0.39, 0.29) is 25.3 Å². The molecule has 4 atom stereocenters. The van der Waals surface area contributed by atoms with E-state index in [0.29, 0.717) is 38.8 Å². The van der Waals surface area contributed by atoms with Gasteiger partial charge in [-0.15, -0.1) is 0 Å². The van der Waals surface area contributed by atoms with Crippen molar-refractivity contribution in [2.75, 3.05) is 5.43 Å². The molecule has 280 valence electrons. The lowest BCUT2D eigenvalue weighted by Gasteiger charge is -2.49. The molecule has 2 aliphatic heterocycles. The van der Waals surface area contributed by atoms with E-state index in [1.165, 1.54) is 39.7 Å². The van der Waals surface area contributed by atoms with Crippen molar-refractivity contribution in [3.8, 4) is 17.2 Å². The number of hydrogen-bond acceptors (Lipinski definition) is 7. The van der Waals surface area contributed by atoms with Gasteiger partial charge in [-0.1, -0.05) is 84.4 Å². The van der Waals surface area contributed by atoms with Crippen LogP contribution in [-0.4, -0.2) is 35.9 Å².